The molecule has 1 aromatic heterocycles. The number of halogens is 3. The van der Waals surface area contributed by atoms with E-state index in [1.54, 1.807) is 0 Å². The first kappa shape index (κ1) is 13.3. The Morgan fingerprint density at radius 2 is 2.25 bits per heavy atom. The van der Waals surface area contributed by atoms with Crippen molar-refractivity contribution in [3.8, 4) is 0 Å². The third-order valence-electron chi connectivity index (χ3n) is 1.80. The predicted octanol–water partition coefficient (Wildman–Crippen LogP) is 3.60. The fourth-order valence-electron chi connectivity index (χ4n) is 1.28. The predicted molar refractivity (Wildman–Crippen MR) is 72.2 cm³/mol. The SMILES string of the molecule is CC1(C)OC(c2sc(Cl)nc2Cl)I(CO)O1. The first-order valence-electron chi connectivity index (χ1n) is 4.37. The molecule has 92 valence electrons. The van der Waals surface area contributed by atoms with Gasteiger partial charge in [0.2, 0.25) is 0 Å². The van der Waals surface area contributed by atoms with Gasteiger partial charge < -0.3 is 0 Å². The van der Waals surface area contributed by atoms with Crippen molar-refractivity contribution in [2.24, 2.45) is 0 Å². The summed E-state index contributed by atoms with van der Waals surface area (Å²) in [6.07, 6.45) is 0. The summed E-state index contributed by atoms with van der Waals surface area (Å²) in [6, 6.07) is 0. The van der Waals surface area contributed by atoms with Gasteiger partial charge in [-0.1, -0.05) is 0 Å². The molecule has 0 bridgehead atoms. The van der Waals surface area contributed by atoms with Gasteiger partial charge in [-0.2, -0.15) is 0 Å². The van der Waals surface area contributed by atoms with Crippen molar-refractivity contribution in [3.63, 3.8) is 0 Å². The number of ether oxygens (including phenoxy) is 1. The number of hydrogen-bond acceptors (Lipinski definition) is 5. The molecular formula is C8H10Cl2INO3S. The third kappa shape index (κ3) is 2.63. The van der Waals surface area contributed by atoms with E-state index in [0.717, 1.165) is 4.88 Å². The van der Waals surface area contributed by atoms with E-state index < -0.39 is 26.0 Å². The van der Waals surface area contributed by atoms with Gasteiger partial charge in [-0.25, -0.2) is 0 Å². The molecule has 0 radical (unpaired) electrons. The number of aliphatic hydroxyl groups excluding tert-OH is 1. The third-order valence-corrected chi connectivity index (χ3v) is 8.26. The fraction of sp³-hybridized carbons (Fsp3) is 0.625. The van der Waals surface area contributed by atoms with Crippen LogP contribution in [0, 0.1) is 0 Å². The Kier molecular flexibility index (Phi) is 4.00. The van der Waals surface area contributed by atoms with E-state index in [1.165, 1.54) is 11.3 Å². The van der Waals surface area contributed by atoms with Crippen molar-refractivity contribution < 1.29 is 12.9 Å². The zero-order valence-electron chi connectivity index (χ0n) is 8.54. The molecule has 0 amide bonds. The molecule has 0 spiro atoms. The van der Waals surface area contributed by atoms with Crippen LogP contribution < -0.4 is 0 Å². The number of nitrogens with zero attached hydrogens (tertiary/aromatic N) is 1. The van der Waals surface area contributed by atoms with E-state index in [0.29, 0.717) is 9.62 Å². The first-order chi connectivity index (χ1) is 7.43. The Morgan fingerprint density at radius 3 is 2.75 bits per heavy atom. The number of aromatic nitrogens is 1. The molecule has 1 N–H and O–H groups in total. The van der Waals surface area contributed by atoms with Crippen molar-refractivity contribution in [1.82, 2.24) is 4.98 Å². The van der Waals surface area contributed by atoms with Gasteiger partial charge in [0.15, 0.2) is 0 Å². The molecule has 1 fully saturated rings. The van der Waals surface area contributed by atoms with Crippen LogP contribution >= 0.6 is 54.8 Å². The van der Waals surface area contributed by atoms with Crippen LogP contribution in [-0.2, 0) is 7.80 Å². The molecule has 2 heterocycles. The van der Waals surface area contributed by atoms with Crippen LogP contribution in [0.15, 0.2) is 0 Å². The van der Waals surface area contributed by atoms with Crippen LogP contribution in [0.1, 0.15) is 22.8 Å². The molecule has 0 aromatic carbocycles. The second kappa shape index (κ2) is 4.83. The summed E-state index contributed by atoms with van der Waals surface area (Å²) in [5, 5.41) is 9.64. The molecule has 1 atom stereocenters. The van der Waals surface area contributed by atoms with Crippen molar-refractivity contribution >= 4 is 54.8 Å². The Labute approximate surface area is 115 Å². The van der Waals surface area contributed by atoms with Gasteiger partial charge in [0.1, 0.15) is 0 Å². The molecule has 16 heavy (non-hydrogen) atoms. The molecule has 1 unspecified atom stereocenters. The Bertz CT molecular complexity index is 401. The number of rotatable bonds is 2. The van der Waals surface area contributed by atoms with E-state index in [2.05, 4.69) is 4.98 Å². The topological polar surface area (TPSA) is 51.6 Å². The summed E-state index contributed by atoms with van der Waals surface area (Å²) in [5.41, 5.74) is 0. The van der Waals surface area contributed by atoms with E-state index >= 15 is 0 Å². The fourth-order valence-corrected chi connectivity index (χ4v) is 7.84. The van der Waals surface area contributed by atoms with Gasteiger partial charge in [0.25, 0.3) is 0 Å². The zero-order valence-corrected chi connectivity index (χ0v) is 13.0. The minimum atomic E-state index is -2.07. The number of thiazole rings is 1. The number of hydrogen-bond donors (Lipinski definition) is 1. The van der Waals surface area contributed by atoms with Crippen molar-refractivity contribution in [2.45, 2.75) is 23.7 Å². The van der Waals surface area contributed by atoms with Gasteiger partial charge in [-0.3, -0.25) is 0 Å². The summed E-state index contributed by atoms with van der Waals surface area (Å²) in [4.78, 5) is 4.69. The number of aliphatic hydroxyl groups is 1. The molecule has 1 saturated heterocycles. The van der Waals surface area contributed by atoms with E-state index in [4.69, 9.17) is 31.0 Å². The summed E-state index contributed by atoms with van der Waals surface area (Å²) in [7, 11) is 0. The van der Waals surface area contributed by atoms with Gasteiger partial charge in [-0.15, -0.1) is 0 Å². The van der Waals surface area contributed by atoms with E-state index in [-0.39, 0.29) is 8.72 Å². The molecule has 2 rings (SSSR count). The zero-order chi connectivity index (χ0) is 11.9. The van der Waals surface area contributed by atoms with Crippen molar-refractivity contribution in [3.05, 3.63) is 14.5 Å². The summed E-state index contributed by atoms with van der Waals surface area (Å²) < 4.78 is 11.6. The molecular weight excluding hydrogens is 388 g/mol. The second-order valence-electron chi connectivity index (χ2n) is 3.50. The number of alkyl halides is 2. The minimum absolute atomic E-state index is 0.0177. The van der Waals surface area contributed by atoms with Crippen molar-refractivity contribution in [2.75, 3.05) is 4.61 Å². The van der Waals surface area contributed by atoms with Crippen LogP contribution in [0.2, 0.25) is 9.62 Å². The maximum absolute atomic E-state index is 9.30. The Balaban J connectivity index is 2.30. The summed E-state index contributed by atoms with van der Waals surface area (Å²) in [6.45, 7) is 3.65. The molecule has 4 nitrogen and oxygen atoms in total. The summed E-state index contributed by atoms with van der Waals surface area (Å²) >= 11 is 11.0. The normalized spacial score (nSPS) is 26.3. The standard InChI is InChI=1S/C8H10Cl2INO3S/c1-8(2)14-6(11(3-13)15-8)4-5(9)12-7(10)16-4/h6,13H,3H2,1-2H3. The van der Waals surface area contributed by atoms with Crippen LogP contribution in [0.5, 0.6) is 0 Å². The van der Waals surface area contributed by atoms with E-state index in [1.807, 2.05) is 13.8 Å². The first-order valence-corrected chi connectivity index (χ1v) is 9.60. The van der Waals surface area contributed by atoms with Gasteiger partial charge in [0.05, 0.1) is 0 Å². The van der Waals surface area contributed by atoms with Crippen LogP contribution in [0.25, 0.3) is 0 Å². The van der Waals surface area contributed by atoms with Gasteiger partial charge >= 0.3 is 116 Å². The Hall–Kier alpha value is 0.820. The van der Waals surface area contributed by atoms with E-state index in [9.17, 15) is 5.11 Å². The summed E-state index contributed by atoms with van der Waals surface area (Å²) in [5.74, 6) is -0.669. The van der Waals surface area contributed by atoms with Gasteiger partial charge in [0, 0.05) is 0 Å². The average Bonchev–Trinajstić information content (AvgIpc) is 2.65. The molecule has 1 aliphatic heterocycles. The van der Waals surface area contributed by atoms with Crippen LogP contribution in [0.3, 0.4) is 0 Å². The molecule has 0 saturated carbocycles. The molecule has 8 heteroatoms. The molecule has 0 aliphatic carbocycles. The Morgan fingerprint density at radius 1 is 1.56 bits per heavy atom. The monoisotopic (exact) mass is 397 g/mol. The van der Waals surface area contributed by atoms with Crippen molar-refractivity contribution in [1.29, 1.82) is 0 Å². The van der Waals surface area contributed by atoms with Crippen LogP contribution in [0.4, 0.5) is 0 Å². The molecule has 1 aliphatic rings. The molecule has 1 aromatic rings. The van der Waals surface area contributed by atoms with Gasteiger partial charge in [-0.05, 0) is 0 Å². The quantitative estimate of drug-likeness (QED) is 0.611. The van der Waals surface area contributed by atoms with Crippen LogP contribution in [-0.4, -0.2) is 20.5 Å². The second-order valence-corrected chi connectivity index (χ2v) is 9.74. The maximum atomic E-state index is 9.30. The average molecular weight is 398 g/mol.